The lowest BCUT2D eigenvalue weighted by Gasteiger charge is -2.28. The van der Waals surface area contributed by atoms with Crippen LogP contribution in [0.25, 0.3) is 11.1 Å². The van der Waals surface area contributed by atoms with Gasteiger partial charge in [-0.1, -0.05) is 54.2 Å². The number of fused-ring (bicyclic) bond motifs is 1. The molecule has 1 aliphatic heterocycles. The number of likely N-dealkylation sites (N-methyl/N-ethyl adjacent to an activating group) is 1. The SMILES string of the molecule is COc1cccc(-c2c(C#N)c(SCC(=O)NCc3ccccc3)nc3c2CN(C)CC3)c1OC. The molecular formula is C27H28N4O3S. The van der Waals surface area contributed by atoms with Crippen LogP contribution in [0.4, 0.5) is 0 Å². The van der Waals surface area contributed by atoms with Crippen LogP contribution in [0.5, 0.6) is 11.5 Å². The lowest BCUT2D eigenvalue weighted by Crippen LogP contribution is -2.28. The second kappa shape index (κ2) is 11.3. The molecule has 35 heavy (non-hydrogen) atoms. The average Bonchev–Trinajstić information content (AvgIpc) is 2.89. The Morgan fingerprint density at radius 2 is 1.97 bits per heavy atom. The molecule has 0 unspecified atom stereocenters. The van der Waals surface area contributed by atoms with Gasteiger partial charge in [0.1, 0.15) is 11.1 Å². The quantitative estimate of drug-likeness (QED) is 0.479. The van der Waals surface area contributed by atoms with Crippen LogP contribution in [-0.4, -0.2) is 49.4 Å². The first-order valence-electron chi connectivity index (χ1n) is 11.3. The number of pyridine rings is 1. The number of amides is 1. The minimum absolute atomic E-state index is 0.109. The van der Waals surface area contributed by atoms with Crippen LogP contribution in [0, 0.1) is 11.3 Å². The molecule has 3 aromatic rings. The molecule has 180 valence electrons. The summed E-state index contributed by atoms with van der Waals surface area (Å²) >= 11 is 1.29. The van der Waals surface area contributed by atoms with Crippen LogP contribution >= 0.6 is 11.8 Å². The third-order valence-electron chi connectivity index (χ3n) is 5.97. The van der Waals surface area contributed by atoms with Gasteiger partial charge in [0.05, 0.1) is 25.5 Å². The van der Waals surface area contributed by atoms with Crippen molar-refractivity contribution in [3.05, 3.63) is 70.9 Å². The van der Waals surface area contributed by atoms with Crippen LogP contribution in [0.2, 0.25) is 0 Å². The van der Waals surface area contributed by atoms with Crippen molar-refractivity contribution in [2.45, 2.75) is 24.5 Å². The highest BCUT2D eigenvalue weighted by Gasteiger charge is 2.27. The lowest BCUT2D eigenvalue weighted by atomic mass is 9.91. The van der Waals surface area contributed by atoms with Gasteiger partial charge in [0.15, 0.2) is 11.5 Å². The summed E-state index contributed by atoms with van der Waals surface area (Å²) in [7, 11) is 5.25. The number of nitrogens with one attached hydrogen (secondary N) is 1. The zero-order valence-electron chi connectivity index (χ0n) is 20.1. The first kappa shape index (κ1) is 24.6. The molecule has 4 rings (SSSR count). The number of methoxy groups -OCH3 is 2. The topological polar surface area (TPSA) is 87.5 Å². The van der Waals surface area contributed by atoms with Crippen LogP contribution in [-0.2, 0) is 24.3 Å². The Morgan fingerprint density at radius 3 is 2.69 bits per heavy atom. The van der Waals surface area contributed by atoms with Gasteiger partial charge < -0.3 is 19.7 Å². The van der Waals surface area contributed by atoms with Gasteiger partial charge in [-0.3, -0.25) is 4.79 Å². The molecule has 7 nitrogen and oxygen atoms in total. The monoisotopic (exact) mass is 488 g/mol. The van der Waals surface area contributed by atoms with Gasteiger partial charge in [-0.25, -0.2) is 4.98 Å². The van der Waals surface area contributed by atoms with E-state index in [1.54, 1.807) is 14.2 Å². The summed E-state index contributed by atoms with van der Waals surface area (Å²) < 4.78 is 11.2. The summed E-state index contributed by atoms with van der Waals surface area (Å²) in [5.41, 5.74) is 5.03. The normalized spacial score (nSPS) is 13.0. The summed E-state index contributed by atoms with van der Waals surface area (Å²) in [6.45, 7) is 2.01. The fourth-order valence-corrected chi connectivity index (χ4v) is 5.08. The zero-order chi connectivity index (χ0) is 24.8. The number of nitriles is 1. The molecule has 0 fully saturated rings. The van der Waals surface area contributed by atoms with Crippen molar-refractivity contribution >= 4 is 17.7 Å². The molecule has 0 spiro atoms. The molecule has 1 N–H and O–H groups in total. The third kappa shape index (κ3) is 5.42. The number of carbonyl (C=O) groups excluding carboxylic acids is 1. The molecule has 2 aromatic carbocycles. The predicted octanol–water partition coefficient (Wildman–Crippen LogP) is 4.03. The van der Waals surface area contributed by atoms with Gasteiger partial charge in [0.25, 0.3) is 0 Å². The van der Waals surface area contributed by atoms with Crippen molar-refractivity contribution in [1.82, 2.24) is 15.2 Å². The van der Waals surface area contributed by atoms with Crippen LogP contribution in [0.15, 0.2) is 53.6 Å². The molecule has 1 aliphatic rings. The van der Waals surface area contributed by atoms with Crippen molar-refractivity contribution in [3.8, 4) is 28.7 Å². The Labute approximate surface area is 210 Å². The number of hydrogen-bond acceptors (Lipinski definition) is 7. The largest absolute Gasteiger partial charge is 0.493 e. The Hall–Kier alpha value is -3.54. The van der Waals surface area contributed by atoms with Crippen molar-refractivity contribution in [3.63, 3.8) is 0 Å². The fraction of sp³-hybridized carbons (Fsp3) is 0.296. The number of ether oxygens (including phenoxy) is 2. The zero-order valence-corrected chi connectivity index (χ0v) is 20.9. The second-order valence-corrected chi connectivity index (χ2v) is 9.25. The predicted molar refractivity (Wildman–Crippen MR) is 137 cm³/mol. The Morgan fingerprint density at radius 1 is 1.17 bits per heavy atom. The highest BCUT2D eigenvalue weighted by Crippen LogP contribution is 2.44. The number of nitrogens with zero attached hydrogens (tertiary/aromatic N) is 3. The van der Waals surface area contributed by atoms with Crippen molar-refractivity contribution < 1.29 is 14.3 Å². The smallest absolute Gasteiger partial charge is 0.230 e. The number of thioether (sulfide) groups is 1. The van der Waals surface area contributed by atoms with Crippen molar-refractivity contribution in [2.75, 3.05) is 33.6 Å². The highest BCUT2D eigenvalue weighted by atomic mass is 32.2. The summed E-state index contributed by atoms with van der Waals surface area (Å²) in [6.07, 6.45) is 0.768. The van der Waals surface area contributed by atoms with E-state index in [4.69, 9.17) is 14.5 Å². The van der Waals surface area contributed by atoms with Crippen molar-refractivity contribution in [2.24, 2.45) is 0 Å². The molecule has 2 heterocycles. The van der Waals surface area contributed by atoms with E-state index in [1.165, 1.54) is 11.8 Å². The number of hydrogen-bond donors (Lipinski definition) is 1. The van der Waals surface area contributed by atoms with Gasteiger partial charge in [-0.2, -0.15) is 5.26 Å². The maximum absolute atomic E-state index is 12.6. The van der Waals surface area contributed by atoms with E-state index >= 15 is 0 Å². The molecule has 8 heteroatoms. The van der Waals surface area contributed by atoms with E-state index in [-0.39, 0.29) is 11.7 Å². The molecule has 0 aliphatic carbocycles. The fourth-order valence-electron chi connectivity index (χ4n) is 4.24. The average molecular weight is 489 g/mol. The van der Waals surface area contributed by atoms with Gasteiger partial charge in [0, 0.05) is 42.9 Å². The number of aromatic nitrogens is 1. The minimum Gasteiger partial charge on any atom is -0.493 e. The van der Waals surface area contributed by atoms with E-state index in [0.29, 0.717) is 35.2 Å². The van der Waals surface area contributed by atoms with E-state index < -0.39 is 0 Å². The molecule has 0 bridgehead atoms. The molecule has 1 aromatic heterocycles. The van der Waals surface area contributed by atoms with Gasteiger partial charge >= 0.3 is 0 Å². The number of benzene rings is 2. The highest BCUT2D eigenvalue weighted by molar-refractivity contribution is 8.00. The summed E-state index contributed by atoms with van der Waals surface area (Å²) in [5.74, 6) is 1.23. The Bertz CT molecular complexity index is 1260. The molecule has 0 radical (unpaired) electrons. The maximum atomic E-state index is 12.6. The molecule has 0 atom stereocenters. The molecule has 1 amide bonds. The lowest BCUT2D eigenvalue weighted by molar-refractivity contribution is -0.118. The first-order valence-corrected chi connectivity index (χ1v) is 12.3. The van der Waals surface area contributed by atoms with Crippen molar-refractivity contribution in [1.29, 1.82) is 5.26 Å². The van der Waals surface area contributed by atoms with E-state index in [9.17, 15) is 10.1 Å². The summed E-state index contributed by atoms with van der Waals surface area (Å²) in [5, 5.41) is 13.7. The third-order valence-corrected chi connectivity index (χ3v) is 6.94. The molecule has 0 saturated carbocycles. The Kier molecular flexibility index (Phi) is 7.91. The van der Waals surface area contributed by atoms with Gasteiger partial charge in [-0.05, 0) is 24.2 Å². The summed E-state index contributed by atoms with van der Waals surface area (Å²) in [6, 6.07) is 17.8. The van der Waals surface area contributed by atoms with Gasteiger partial charge in [-0.15, -0.1) is 0 Å². The maximum Gasteiger partial charge on any atom is 0.230 e. The van der Waals surface area contributed by atoms with Crippen LogP contribution in [0.3, 0.4) is 0 Å². The van der Waals surface area contributed by atoms with Crippen LogP contribution < -0.4 is 14.8 Å². The number of para-hydroxylation sites is 1. The second-order valence-electron chi connectivity index (χ2n) is 8.28. The van der Waals surface area contributed by atoms with Crippen LogP contribution in [0.1, 0.15) is 22.4 Å². The summed E-state index contributed by atoms with van der Waals surface area (Å²) in [4.78, 5) is 19.6. The minimum atomic E-state index is -0.109. The molecule has 0 saturated heterocycles. The molecular weight excluding hydrogens is 460 g/mol. The van der Waals surface area contributed by atoms with Gasteiger partial charge in [0.2, 0.25) is 5.91 Å². The standard InChI is InChI=1S/C27H28N4O3S/c1-31-13-12-22-21(16-31)25(19-10-7-11-23(33-2)26(19)34-3)20(14-28)27(30-22)35-17-24(32)29-15-18-8-5-4-6-9-18/h4-11H,12-13,15-17H2,1-3H3,(H,29,32). The number of rotatable bonds is 8. The first-order chi connectivity index (χ1) is 17.0. The van der Waals surface area contributed by atoms with E-state index in [1.807, 2.05) is 48.5 Å². The van der Waals surface area contributed by atoms with E-state index in [2.05, 4.69) is 23.3 Å². The number of carbonyl (C=O) groups is 1. The Balaban J connectivity index is 1.69. The van der Waals surface area contributed by atoms with E-state index in [0.717, 1.165) is 40.9 Å².